The van der Waals surface area contributed by atoms with Crippen LogP contribution < -0.4 is 5.73 Å². The van der Waals surface area contributed by atoms with Crippen molar-refractivity contribution >= 4 is 11.8 Å². The number of nitrogens with zero attached hydrogens (tertiary/aromatic N) is 3. The maximum absolute atomic E-state index is 12.4. The molecule has 1 aromatic carbocycles. The van der Waals surface area contributed by atoms with Crippen LogP contribution >= 0.6 is 0 Å². The molecule has 6 nitrogen and oxygen atoms in total. The molecule has 1 aliphatic heterocycles. The Hall–Kier alpha value is -2.60. The van der Waals surface area contributed by atoms with Crippen molar-refractivity contribution in [3.8, 4) is 11.3 Å². The largest absolute Gasteiger partial charge is 0.444 e. The predicted molar refractivity (Wildman–Crippen MR) is 112 cm³/mol. The fourth-order valence-corrected chi connectivity index (χ4v) is 3.46. The number of rotatable bonds is 3. The Morgan fingerprint density at radius 3 is 2.71 bits per heavy atom. The Kier molecular flexibility index (Phi) is 5.89. The van der Waals surface area contributed by atoms with Crippen molar-refractivity contribution in [2.45, 2.75) is 45.9 Å². The SMILES string of the molecule is C[C@H]1CN(Cc2cccc(-c3cc(N)ccn3)c2)CCN1C(=O)OC(C)(C)C. The Labute approximate surface area is 167 Å². The van der Waals surface area contributed by atoms with Crippen LogP contribution in [0.2, 0.25) is 0 Å². The number of benzene rings is 1. The second kappa shape index (κ2) is 8.19. The van der Waals surface area contributed by atoms with Gasteiger partial charge in [0.15, 0.2) is 0 Å². The number of amides is 1. The topological polar surface area (TPSA) is 71.7 Å². The Morgan fingerprint density at radius 1 is 1.25 bits per heavy atom. The van der Waals surface area contributed by atoms with E-state index in [4.69, 9.17) is 10.5 Å². The van der Waals surface area contributed by atoms with E-state index in [1.807, 2.05) is 37.8 Å². The lowest BCUT2D eigenvalue weighted by Gasteiger charge is -2.40. The molecule has 0 unspecified atom stereocenters. The van der Waals surface area contributed by atoms with Gasteiger partial charge in [0.2, 0.25) is 0 Å². The van der Waals surface area contributed by atoms with Crippen LogP contribution in [0.15, 0.2) is 42.6 Å². The number of pyridine rings is 1. The molecule has 2 N–H and O–H groups in total. The summed E-state index contributed by atoms with van der Waals surface area (Å²) < 4.78 is 5.53. The first-order valence-electron chi connectivity index (χ1n) is 9.74. The highest BCUT2D eigenvalue weighted by Gasteiger charge is 2.30. The fourth-order valence-electron chi connectivity index (χ4n) is 3.46. The summed E-state index contributed by atoms with van der Waals surface area (Å²) >= 11 is 0. The molecule has 0 bridgehead atoms. The molecule has 28 heavy (non-hydrogen) atoms. The first-order chi connectivity index (χ1) is 13.2. The van der Waals surface area contributed by atoms with E-state index in [2.05, 4.69) is 35.0 Å². The molecule has 1 saturated heterocycles. The van der Waals surface area contributed by atoms with Crippen LogP contribution in [0, 0.1) is 0 Å². The van der Waals surface area contributed by atoms with Crippen LogP contribution in [-0.2, 0) is 11.3 Å². The third kappa shape index (κ3) is 5.23. The van der Waals surface area contributed by atoms with Gasteiger partial charge < -0.3 is 15.4 Å². The van der Waals surface area contributed by atoms with E-state index in [1.165, 1.54) is 5.56 Å². The van der Waals surface area contributed by atoms with E-state index < -0.39 is 5.60 Å². The van der Waals surface area contributed by atoms with Gasteiger partial charge in [-0.15, -0.1) is 0 Å². The summed E-state index contributed by atoms with van der Waals surface area (Å²) in [4.78, 5) is 21.0. The highest BCUT2D eigenvalue weighted by molar-refractivity contribution is 5.68. The predicted octanol–water partition coefficient (Wildman–Crippen LogP) is 3.77. The van der Waals surface area contributed by atoms with Crippen LogP contribution in [0.4, 0.5) is 10.5 Å². The first-order valence-corrected chi connectivity index (χ1v) is 9.74. The molecule has 0 saturated carbocycles. The Bertz CT molecular complexity index is 831. The minimum absolute atomic E-state index is 0.113. The van der Waals surface area contributed by atoms with E-state index in [-0.39, 0.29) is 12.1 Å². The van der Waals surface area contributed by atoms with Gasteiger partial charge in [-0.1, -0.05) is 18.2 Å². The second-order valence-electron chi connectivity index (χ2n) is 8.43. The maximum atomic E-state index is 12.4. The zero-order valence-corrected chi connectivity index (χ0v) is 17.2. The smallest absolute Gasteiger partial charge is 0.410 e. The molecule has 6 heteroatoms. The number of aromatic nitrogens is 1. The van der Waals surface area contributed by atoms with E-state index in [1.54, 1.807) is 12.3 Å². The maximum Gasteiger partial charge on any atom is 0.410 e. The normalized spacial score (nSPS) is 18.1. The molecule has 0 spiro atoms. The van der Waals surface area contributed by atoms with Gasteiger partial charge in [0, 0.05) is 49.7 Å². The summed E-state index contributed by atoms with van der Waals surface area (Å²) in [7, 11) is 0. The summed E-state index contributed by atoms with van der Waals surface area (Å²) in [6, 6.07) is 12.2. The summed E-state index contributed by atoms with van der Waals surface area (Å²) in [5.74, 6) is 0. The van der Waals surface area contributed by atoms with Crippen molar-refractivity contribution in [3.05, 3.63) is 48.2 Å². The van der Waals surface area contributed by atoms with Crippen molar-refractivity contribution in [1.29, 1.82) is 0 Å². The molecule has 2 aromatic rings. The number of hydrogen-bond acceptors (Lipinski definition) is 5. The fraction of sp³-hybridized carbons (Fsp3) is 0.455. The summed E-state index contributed by atoms with van der Waals surface area (Å²) in [5, 5.41) is 0. The average molecular weight is 383 g/mol. The molecular weight excluding hydrogens is 352 g/mol. The van der Waals surface area contributed by atoms with Gasteiger partial charge in [-0.05, 0) is 51.5 Å². The van der Waals surface area contributed by atoms with Gasteiger partial charge in [0.05, 0.1) is 5.69 Å². The van der Waals surface area contributed by atoms with Crippen molar-refractivity contribution in [2.75, 3.05) is 25.4 Å². The van der Waals surface area contributed by atoms with Crippen LogP contribution in [0.5, 0.6) is 0 Å². The lowest BCUT2D eigenvalue weighted by molar-refractivity contribution is 0.000564. The molecule has 1 fully saturated rings. The van der Waals surface area contributed by atoms with E-state index in [9.17, 15) is 4.79 Å². The highest BCUT2D eigenvalue weighted by atomic mass is 16.6. The van der Waals surface area contributed by atoms with Crippen molar-refractivity contribution in [2.24, 2.45) is 0 Å². The number of hydrogen-bond donors (Lipinski definition) is 1. The number of carbonyl (C=O) groups excluding carboxylic acids is 1. The molecule has 1 aromatic heterocycles. The molecule has 0 aliphatic carbocycles. The lowest BCUT2D eigenvalue weighted by Crippen LogP contribution is -2.54. The van der Waals surface area contributed by atoms with Crippen LogP contribution in [0.1, 0.15) is 33.3 Å². The average Bonchev–Trinajstić information content (AvgIpc) is 2.60. The second-order valence-corrected chi connectivity index (χ2v) is 8.43. The third-order valence-corrected chi connectivity index (χ3v) is 4.75. The molecular formula is C22H30N4O2. The van der Waals surface area contributed by atoms with E-state index in [0.717, 1.165) is 30.9 Å². The molecule has 1 aliphatic rings. The van der Waals surface area contributed by atoms with E-state index >= 15 is 0 Å². The van der Waals surface area contributed by atoms with Crippen molar-refractivity contribution in [1.82, 2.24) is 14.8 Å². The minimum Gasteiger partial charge on any atom is -0.444 e. The first kappa shape index (κ1) is 20.1. The molecule has 3 rings (SSSR count). The summed E-state index contributed by atoms with van der Waals surface area (Å²) in [6.07, 6.45) is 1.50. The third-order valence-electron chi connectivity index (χ3n) is 4.75. The van der Waals surface area contributed by atoms with Gasteiger partial charge >= 0.3 is 6.09 Å². The summed E-state index contributed by atoms with van der Waals surface area (Å²) in [6.45, 7) is 10.9. The van der Waals surface area contributed by atoms with Gasteiger partial charge in [0.1, 0.15) is 5.60 Å². The van der Waals surface area contributed by atoms with Gasteiger partial charge in [-0.2, -0.15) is 0 Å². The highest BCUT2D eigenvalue weighted by Crippen LogP contribution is 2.22. The van der Waals surface area contributed by atoms with Crippen molar-refractivity contribution < 1.29 is 9.53 Å². The van der Waals surface area contributed by atoms with Crippen LogP contribution in [0.3, 0.4) is 0 Å². The zero-order valence-electron chi connectivity index (χ0n) is 17.2. The number of carbonyl (C=O) groups is 1. The Morgan fingerprint density at radius 2 is 2.04 bits per heavy atom. The van der Waals surface area contributed by atoms with Gasteiger partial charge in [0.25, 0.3) is 0 Å². The number of ether oxygens (including phenoxy) is 1. The number of piperazine rings is 1. The summed E-state index contributed by atoms with van der Waals surface area (Å²) in [5.41, 5.74) is 9.29. The molecule has 150 valence electrons. The van der Waals surface area contributed by atoms with Gasteiger partial charge in [-0.25, -0.2) is 4.79 Å². The number of nitrogen functional groups attached to an aromatic ring is 1. The van der Waals surface area contributed by atoms with Crippen LogP contribution in [-0.4, -0.2) is 52.2 Å². The minimum atomic E-state index is -0.469. The molecule has 0 radical (unpaired) electrons. The Balaban J connectivity index is 1.63. The molecule has 1 atom stereocenters. The van der Waals surface area contributed by atoms with Crippen molar-refractivity contribution in [3.63, 3.8) is 0 Å². The van der Waals surface area contributed by atoms with Gasteiger partial charge in [-0.3, -0.25) is 9.88 Å². The molecule has 1 amide bonds. The lowest BCUT2D eigenvalue weighted by atomic mass is 10.1. The molecule has 2 heterocycles. The number of nitrogens with two attached hydrogens (primary N) is 1. The quantitative estimate of drug-likeness (QED) is 0.875. The number of anilines is 1. The van der Waals surface area contributed by atoms with Crippen LogP contribution in [0.25, 0.3) is 11.3 Å². The monoisotopic (exact) mass is 382 g/mol. The zero-order chi connectivity index (χ0) is 20.3. The van der Waals surface area contributed by atoms with E-state index in [0.29, 0.717) is 12.2 Å². The standard InChI is InChI=1S/C22H30N4O2/c1-16-14-25(10-11-26(16)21(27)28-22(2,3)4)15-17-6-5-7-18(12-17)20-13-19(23)8-9-24-20/h5-9,12-13,16H,10-11,14-15H2,1-4H3,(H2,23,24)/t16-/m0/s1.